The molecule has 2 heterocycles. The summed E-state index contributed by atoms with van der Waals surface area (Å²) in [6.07, 6.45) is 0. The van der Waals surface area contributed by atoms with E-state index in [-0.39, 0.29) is 22.5 Å². The number of carbonyl (C=O) groups excluding carboxylic acids is 1. The molecule has 3 rings (SSSR count). The molecule has 0 aliphatic heterocycles. The number of ketones is 1. The summed E-state index contributed by atoms with van der Waals surface area (Å²) in [5.74, 6) is 0.253. The van der Waals surface area contributed by atoms with Crippen molar-refractivity contribution in [1.82, 2.24) is 14.1 Å². The van der Waals surface area contributed by atoms with Gasteiger partial charge in [-0.15, -0.1) is 0 Å². The van der Waals surface area contributed by atoms with E-state index in [1.165, 1.54) is 23.9 Å². The number of aromatic nitrogens is 3. The molecule has 0 saturated heterocycles. The number of aryl methyl sites for hydroxylation is 2. The molecule has 0 bridgehead atoms. The molecule has 0 spiro atoms. The van der Waals surface area contributed by atoms with Crippen molar-refractivity contribution in [2.75, 3.05) is 19.5 Å². The van der Waals surface area contributed by atoms with Crippen molar-refractivity contribution < 1.29 is 17.9 Å². The molecule has 0 aliphatic carbocycles. The van der Waals surface area contributed by atoms with E-state index in [4.69, 9.17) is 9.88 Å². The Morgan fingerprint density at radius 2 is 2.00 bits per heavy atom. The number of methoxy groups -OCH3 is 1. The van der Waals surface area contributed by atoms with Gasteiger partial charge in [0.05, 0.1) is 34.3 Å². The molecule has 0 fully saturated rings. The highest BCUT2D eigenvalue weighted by molar-refractivity contribution is 7.99. The molecular weight excluding hydrogens is 436 g/mol. The van der Waals surface area contributed by atoms with Crippen LogP contribution >= 0.6 is 11.8 Å². The van der Waals surface area contributed by atoms with Gasteiger partial charge in [0.2, 0.25) is 10.0 Å². The van der Waals surface area contributed by atoms with Gasteiger partial charge in [-0.1, -0.05) is 11.8 Å². The van der Waals surface area contributed by atoms with Gasteiger partial charge in [0.25, 0.3) is 0 Å². The third-order valence-corrected chi connectivity index (χ3v) is 7.18. The molecule has 0 aliphatic rings. The van der Waals surface area contributed by atoms with Crippen LogP contribution in [0.2, 0.25) is 0 Å². The number of ether oxygens (including phenoxy) is 1. The Morgan fingerprint density at radius 3 is 2.61 bits per heavy atom. The lowest BCUT2D eigenvalue weighted by Gasteiger charge is -2.17. The Bertz CT molecular complexity index is 1230. The number of nitrogens with zero attached hydrogens (tertiary/aromatic N) is 3. The predicted octanol–water partition coefficient (Wildman–Crippen LogP) is 3.30. The summed E-state index contributed by atoms with van der Waals surface area (Å²) in [7, 11) is -2.14. The van der Waals surface area contributed by atoms with Gasteiger partial charge in [-0.3, -0.25) is 4.79 Å². The first-order chi connectivity index (χ1) is 14.6. The van der Waals surface area contributed by atoms with E-state index in [0.717, 1.165) is 16.9 Å². The zero-order chi connectivity index (χ0) is 22.9. The third kappa shape index (κ3) is 4.72. The van der Waals surface area contributed by atoms with Crippen LogP contribution in [-0.4, -0.2) is 47.8 Å². The molecule has 1 aromatic carbocycles. The highest BCUT2D eigenvalue weighted by Gasteiger charge is 2.20. The Balaban J connectivity index is 1.86. The summed E-state index contributed by atoms with van der Waals surface area (Å²) in [6, 6.07) is 6.69. The maximum Gasteiger partial charge on any atom is 0.238 e. The molecule has 8 nitrogen and oxygen atoms in total. The number of Topliss-reactive ketones (excluding diaryl/α,β-unsaturated/α-hetero) is 1. The van der Waals surface area contributed by atoms with Crippen LogP contribution in [0.1, 0.15) is 41.6 Å². The topological polar surface area (TPSA) is 109 Å². The number of primary sulfonamides is 1. The summed E-state index contributed by atoms with van der Waals surface area (Å²) in [5, 5.41) is 5.90. The Labute approximate surface area is 186 Å². The van der Waals surface area contributed by atoms with Crippen LogP contribution in [0.5, 0.6) is 0 Å². The monoisotopic (exact) mass is 464 g/mol. The molecule has 31 heavy (non-hydrogen) atoms. The fourth-order valence-corrected chi connectivity index (χ4v) is 5.44. The molecule has 1 atom stereocenters. The minimum Gasteiger partial charge on any atom is -0.383 e. The van der Waals surface area contributed by atoms with E-state index in [2.05, 4.69) is 16.5 Å². The van der Waals surface area contributed by atoms with E-state index in [9.17, 15) is 13.2 Å². The number of hydrogen-bond acceptors (Lipinski definition) is 6. The maximum absolute atomic E-state index is 13.0. The predicted molar refractivity (Wildman–Crippen MR) is 122 cm³/mol. The standard InChI is InChI=1S/C21H28N4O4S2/c1-6-24-19-8-7-16(31(22,27)28)10-18(19)23-21(24)30-12-20(26)17-9-13(2)25(15(17)4)14(3)11-29-5/h7-10,14H,6,11-12H2,1-5H3,(H2,22,27,28). The average Bonchev–Trinajstić information content (AvgIpc) is 3.21. The van der Waals surface area contributed by atoms with Gasteiger partial charge in [-0.05, 0) is 52.0 Å². The van der Waals surface area contributed by atoms with Crippen LogP contribution in [-0.2, 0) is 21.3 Å². The van der Waals surface area contributed by atoms with Gasteiger partial charge in [-0.25, -0.2) is 18.5 Å². The third-order valence-electron chi connectivity index (χ3n) is 5.30. The van der Waals surface area contributed by atoms with Gasteiger partial charge >= 0.3 is 0 Å². The highest BCUT2D eigenvalue weighted by atomic mass is 32.2. The van der Waals surface area contributed by atoms with Gasteiger partial charge in [0.15, 0.2) is 10.9 Å². The number of benzene rings is 1. The summed E-state index contributed by atoms with van der Waals surface area (Å²) in [5.41, 5.74) is 3.98. The van der Waals surface area contributed by atoms with Crippen LogP contribution in [0.25, 0.3) is 11.0 Å². The number of hydrogen-bond donors (Lipinski definition) is 1. The van der Waals surface area contributed by atoms with Gasteiger partial charge in [0.1, 0.15) is 0 Å². The van der Waals surface area contributed by atoms with E-state index in [1.54, 1.807) is 13.2 Å². The minimum atomic E-state index is -3.81. The minimum absolute atomic E-state index is 0.0194. The van der Waals surface area contributed by atoms with Crippen LogP contribution in [0, 0.1) is 13.8 Å². The van der Waals surface area contributed by atoms with Crippen molar-refractivity contribution in [1.29, 1.82) is 0 Å². The molecule has 0 radical (unpaired) electrons. The van der Waals surface area contributed by atoms with Crippen molar-refractivity contribution in [3.05, 3.63) is 41.2 Å². The lowest BCUT2D eigenvalue weighted by molar-refractivity contribution is 0.102. The lowest BCUT2D eigenvalue weighted by atomic mass is 10.2. The maximum atomic E-state index is 13.0. The van der Waals surface area contributed by atoms with Gasteiger partial charge in [0, 0.05) is 30.6 Å². The van der Waals surface area contributed by atoms with Crippen molar-refractivity contribution in [3.63, 3.8) is 0 Å². The SMILES string of the molecule is CCn1c(SCC(=O)c2cc(C)n(C(C)COC)c2C)nc2cc(S(N)(=O)=O)ccc21. The van der Waals surface area contributed by atoms with Crippen molar-refractivity contribution in [3.8, 4) is 0 Å². The first-order valence-corrected chi connectivity index (χ1v) is 12.5. The van der Waals surface area contributed by atoms with Gasteiger partial charge < -0.3 is 13.9 Å². The molecule has 2 aromatic heterocycles. The summed E-state index contributed by atoms with van der Waals surface area (Å²) >= 11 is 1.34. The van der Waals surface area contributed by atoms with Crippen molar-refractivity contribution >= 4 is 38.6 Å². The first-order valence-electron chi connectivity index (χ1n) is 9.94. The number of fused-ring (bicyclic) bond motifs is 1. The van der Waals surface area contributed by atoms with E-state index in [0.29, 0.717) is 29.4 Å². The summed E-state index contributed by atoms with van der Waals surface area (Å²) < 4.78 is 32.6. The quantitative estimate of drug-likeness (QED) is 0.384. The second-order valence-corrected chi connectivity index (χ2v) is 10.0. The largest absolute Gasteiger partial charge is 0.383 e. The highest BCUT2D eigenvalue weighted by Crippen LogP contribution is 2.28. The fourth-order valence-electron chi connectivity index (χ4n) is 3.94. The molecule has 0 amide bonds. The van der Waals surface area contributed by atoms with Crippen LogP contribution in [0.4, 0.5) is 0 Å². The van der Waals surface area contributed by atoms with E-state index >= 15 is 0 Å². The molecule has 10 heteroatoms. The smallest absolute Gasteiger partial charge is 0.238 e. The molecule has 168 valence electrons. The second-order valence-electron chi connectivity index (χ2n) is 7.51. The number of sulfonamides is 1. The molecular formula is C21H28N4O4S2. The van der Waals surface area contributed by atoms with Gasteiger partial charge in [-0.2, -0.15) is 0 Å². The number of nitrogens with two attached hydrogens (primary N) is 1. The zero-order valence-corrected chi connectivity index (χ0v) is 20.0. The molecule has 0 saturated carbocycles. The normalized spacial score (nSPS) is 13.1. The van der Waals surface area contributed by atoms with Crippen LogP contribution in [0.3, 0.4) is 0 Å². The first kappa shape index (κ1) is 23.5. The van der Waals surface area contributed by atoms with E-state index in [1.807, 2.05) is 31.4 Å². The van der Waals surface area contributed by atoms with Crippen molar-refractivity contribution in [2.24, 2.45) is 5.14 Å². The van der Waals surface area contributed by atoms with Crippen molar-refractivity contribution in [2.45, 2.75) is 50.3 Å². The lowest BCUT2D eigenvalue weighted by Crippen LogP contribution is -2.14. The fraction of sp³-hybridized carbons (Fsp3) is 0.429. The number of carbonyl (C=O) groups is 1. The Morgan fingerprint density at radius 1 is 1.29 bits per heavy atom. The second kappa shape index (κ2) is 9.15. The molecule has 3 aromatic rings. The Hall–Kier alpha value is -2.14. The Kier molecular flexibility index (Phi) is 6.95. The zero-order valence-electron chi connectivity index (χ0n) is 18.4. The summed E-state index contributed by atoms with van der Waals surface area (Å²) in [6.45, 7) is 9.19. The molecule has 2 N–H and O–H groups in total. The van der Waals surface area contributed by atoms with Crippen LogP contribution in [0.15, 0.2) is 34.3 Å². The summed E-state index contributed by atoms with van der Waals surface area (Å²) in [4.78, 5) is 17.6. The average molecular weight is 465 g/mol. The molecule has 1 unspecified atom stereocenters. The van der Waals surface area contributed by atoms with E-state index < -0.39 is 10.0 Å². The van der Waals surface area contributed by atoms with Crippen LogP contribution < -0.4 is 5.14 Å². The number of thioether (sulfide) groups is 1. The number of imidazole rings is 1. The number of rotatable bonds is 9.